The van der Waals surface area contributed by atoms with Gasteiger partial charge in [0, 0.05) is 47.1 Å². The lowest BCUT2D eigenvalue weighted by atomic mass is 9.81. The van der Waals surface area contributed by atoms with Gasteiger partial charge in [-0.25, -0.2) is 0 Å². The zero-order valence-corrected chi connectivity index (χ0v) is 21.9. The highest BCUT2D eigenvalue weighted by Gasteiger charge is 2.44. The molecule has 3 rings (SSSR count). The predicted octanol–water partition coefficient (Wildman–Crippen LogP) is 2.01. The SMILES string of the molecule is CC(=O)Oc1ccc2c(c1OC(C)=O)C(=O)c1c(OC(C)=O)c(OC(C)=O)c(OC(C)=O)c(OC(C)=O)c1C2=O. The summed E-state index contributed by atoms with van der Waals surface area (Å²) >= 11 is 0. The van der Waals surface area contributed by atoms with Crippen LogP contribution in [0, 0.1) is 0 Å². The second-order valence-corrected chi connectivity index (χ2v) is 8.10. The molecule has 0 spiro atoms. The van der Waals surface area contributed by atoms with Crippen molar-refractivity contribution >= 4 is 47.4 Å². The summed E-state index contributed by atoms with van der Waals surface area (Å²) in [6.45, 7) is 5.72. The summed E-state index contributed by atoms with van der Waals surface area (Å²) in [6.07, 6.45) is 0. The Balaban J connectivity index is 2.58. The van der Waals surface area contributed by atoms with Crippen molar-refractivity contribution in [2.45, 2.75) is 41.5 Å². The molecule has 2 aromatic rings. The molecule has 0 aliphatic heterocycles. The number of ketones is 2. The Morgan fingerprint density at radius 1 is 0.425 bits per heavy atom. The molecule has 1 aliphatic carbocycles. The van der Waals surface area contributed by atoms with E-state index in [1.54, 1.807) is 0 Å². The van der Waals surface area contributed by atoms with Crippen LogP contribution in [0.25, 0.3) is 0 Å². The molecule has 2 aromatic carbocycles. The van der Waals surface area contributed by atoms with Crippen LogP contribution in [0.3, 0.4) is 0 Å². The fraction of sp³-hybridized carbons (Fsp3) is 0.231. The molecule has 0 radical (unpaired) electrons. The molecule has 0 unspecified atom stereocenters. The van der Waals surface area contributed by atoms with Crippen molar-refractivity contribution in [3.05, 3.63) is 34.4 Å². The van der Waals surface area contributed by atoms with Crippen LogP contribution in [0.2, 0.25) is 0 Å². The van der Waals surface area contributed by atoms with E-state index in [-0.39, 0.29) is 0 Å². The molecule has 0 saturated carbocycles. The van der Waals surface area contributed by atoms with Crippen LogP contribution in [-0.2, 0) is 28.8 Å². The second-order valence-electron chi connectivity index (χ2n) is 8.10. The maximum atomic E-state index is 14.0. The van der Waals surface area contributed by atoms with Gasteiger partial charge in [0.2, 0.25) is 17.3 Å². The number of hydrogen-bond acceptors (Lipinski definition) is 14. The number of fused-ring (bicyclic) bond motifs is 2. The summed E-state index contributed by atoms with van der Waals surface area (Å²) in [5, 5.41) is 0. The molecule has 40 heavy (non-hydrogen) atoms. The monoisotopic (exact) mass is 556 g/mol. The molecule has 0 atom stereocenters. The first-order valence-electron chi connectivity index (χ1n) is 11.2. The van der Waals surface area contributed by atoms with E-state index in [0.29, 0.717) is 0 Å². The predicted molar refractivity (Wildman–Crippen MR) is 128 cm³/mol. The fourth-order valence-electron chi connectivity index (χ4n) is 3.77. The molecule has 0 saturated heterocycles. The zero-order valence-electron chi connectivity index (χ0n) is 21.9. The highest BCUT2D eigenvalue weighted by Crippen LogP contribution is 2.54. The van der Waals surface area contributed by atoms with E-state index < -0.39 is 104 Å². The third-order valence-electron chi connectivity index (χ3n) is 4.85. The van der Waals surface area contributed by atoms with Crippen molar-refractivity contribution < 1.29 is 66.8 Å². The van der Waals surface area contributed by atoms with Crippen molar-refractivity contribution in [1.29, 1.82) is 0 Å². The molecule has 0 heterocycles. The van der Waals surface area contributed by atoms with Gasteiger partial charge in [0.05, 0.1) is 16.7 Å². The molecule has 0 amide bonds. The summed E-state index contributed by atoms with van der Waals surface area (Å²) in [6, 6.07) is 2.14. The number of carbonyl (C=O) groups is 8. The highest BCUT2D eigenvalue weighted by atomic mass is 16.6. The van der Waals surface area contributed by atoms with Gasteiger partial charge in [-0.1, -0.05) is 0 Å². The number of esters is 6. The van der Waals surface area contributed by atoms with Gasteiger partial charge < -0.3 is 28.4 Å². The number of hydrogen-bond donors (Lipinski definition) is 0. The van der Waals surface area contributed by atoms with Crippen molar-refractivity contribution in [3.63, 3.8) is 0 Å². The Morgan fingerprint density at radius 2 is 0.775 bits per heavy atom. The van der Waals surface area contributed by atoms with Crippen molar-refractivity contribution in [1.82, 2.24) is 0 Å². The average molecular weight is 556 g/mol. The summed E-state index contributed by atoms with van der Waals surface area (Å²) in [4.78, 5) is 99.5. The zero-order chi connectivity index (χ0) is 30.0. The van der Waals surface area contributed by atoms with Gasteiger partial charge in [-0.15, -0.1) is 0 Å². The summed E-state index contributed by atoms with van der Waals surface area (Å²) in [5.74, 6) is -12.6. The minimum Gasteiger partial charge on any atom is -0.423 e. The Labute approximate surface area is 225 Å². The Kier molecular flexibility index (Phi) is 8.13. The molecule has 208 valence electrons. The van der Waals surface area contributed by atoms with Crippen molar-refractivity contribution in [2.75, 3.05) is 0 Å². The second kappa shape index (κ2) is 11.1. The minimum absolute atomic E-state index is 0.406. The quantitative estimate of drug-likeness (QED) is 0.316. The lowest BCUT2D eigenvalue weighted by Crippen LogP contribution is -2.27. The first-order valence-corrected chi connectivity index (χ1v) is 11.2. The van der Waals surface area contributed by atoms with E-state index in [9.17, 15) is 38.4 Å². The maximum absolute atomic E-state index is 14.0. The number of carbonyl (C=O) groups excluding carboxylic acids is 8. The van der Waals surface area contributed by atoms with Crippen LogP contribution < -0.4 is 28.4 Å². The van der Waals surface area contributed by atoms with Crippen LogP contribution in [-0.4, -0.2) is 47.4 Å². The molecular weight excluding hydrogens is 536 g/mol. The normalized spacial score (nSPS) is 11.4. The van der Waals surface area contributed by atoms with Crippen LogP contribution >= 0.6 is 0 Å². The standard InChI is InChI=1S/C26H20O14/c1-9(27)35-16-8-7-15-17(22(16)36-10(2)28)21(34)19-18(20(15)33)23(37-11(3)29)25(39-13(5)31)26(40-14(6)32)24(19)38-12(4)30/h7-8H,1-6H3. The molecular formula is C26H20O14. The molecule has 14 nitrogen and oxygen atoms in total. The van der Waals surface area contributed by atoms with Gasteiger partial charge in [-0.3, -0.25) is 38.4 Å². The van der Waals surface area contributed by atoms with Crippen LogP contribution in [0.4, 0.5) is 0 Å². The van der Waals surface area contributed by atoms with E-state index in [1.807, 2.05) is 0 Å². The molecule has 1 aliphatic rings. The van der Waals surface area contributed by atoms with Crippen molar-refractivity contribution in [2.24, 2.45) is 0 Å². The summed E-state index contributed by atoms with van der Waals surface area (Å²) < 4.78 is 30.7. The minimum atomic E-state index is -1.16. The van der Waals surface area contributed by atoms with Gasteiger partial charge in [-0.05, 0) is 12.1 Å². The van der Waals surface area contributed by atoms with Crippen LogP contribution in [0.15, 0.2) is 12.1 Å². The molecule has 0 N–H and O–H groups in total. The van der Waals surface area contributed by atoms with Gasteiger partial charge in [0.25, 0.3) is 0 Å². The van der Waals surface area contributed by atoms with Gasteiger partial charge in [0.15, 0.2) is 28.8 Å². The van der Waals surface area contributed by atoms with E-state index in [4.69, 9.17) is 28.4 Å². The third-order valence-corrected chi connectivity index (χ3v) is 4.85. The lowest BCUT2D eigenvalue weighted by Gasteiger charge is -2.26. The van der Waals surface area contributed by atoms with Crippen LogP contribution in [0.1, 0.15) is 73.4 Å². The van der Waals surface area contributed by atoms with Gasteiger partial charge >= 0.3 is 35.8 Å². The average Bonchev–Trinajstić information content (AvgIpc) is 2.80. The number of benzene rings is 2. The van der Waals surface area contributed by atoms with Gasteiger partial charge in [0.1, 0.15) is 0 Å². The number of rotatable bonds is 6. The smallest absolute Gasteiger partial charge is 0.308 e. The van der Waals surface area contributed by atoms with E-state index in [1.165, 1.54) is 0 Å². The largest absolute Gasteiger partial charge is 0.423 e. The summed E-state index contributed by atoms with van der Waals surface area (Å²) in [7, 11) is 0. The number of ether oxygens (including phenoxy) is 6. The highest BCUT2D eigenvalue weighted by molar-refractivity contribution is 6.32. The Hall–Kier alpha value is -5.40. The van der Waals surface area contributed by atoms with Gasteiger partial charge in [-0.2, -0.15) is 0 Å². The first-order chi connectivity index (χ1) is 18.6. The lowest BCUT2D eigenvalue weighted by molar-refractivity contribution is -0.136. The van der Waals surface area contributed by atoms with Crippen LogP contribution in [0.5, 0.6) is 34.5 Å². The molecule has 14 heteroatoms. The maximum Gasteiger partial charge on any atom is 0.308 e. The van der Waals surface area contributed by atoms with E-state index in [0.717, 1.165) is 53.7 Å². The Bertz CT molecular complexity index is 1550. The molecule has 0 bridgehead atoms. The molecule has 0 aromatic heterocycles. The van der Waals surface area contributed by atoms with E-state index in [2.05, 4.69) is 0 Å². The third kappa shape index (κ3) is 5.70. The fourth-order valence-corrected chi connectivity index (χ4v) is 3.77. The summed E-state index contributed by atoms with van der Waals surface area (Å²) in [5.41, 5.74) is -2.49. The topological polar surface area (TPSA) is 192 Å². The first kappa shape index (κ1) is 29.2. The van der Waals surface area contributed by atoms with Crippen molar-refractivity contribution in [3.8, 4) is 34.5 Å². The van der Waals surface area contributed by atoms with E-state index >= 15 is 0 Å². The Morgan fingerprint density at radius 3 is 1.18 bits per heavy atom. The molecule has 0 fully saturated rings.